The van der Waals surface area contributed by atoms with Crippen molar-refractivity contribution in [2.45, 2.75) is 20.0 Å². The minimum absolute atomic E-state index is 0.404. The van der Waals surface area contributed by atoms with Crippen molar-refractivity contribution >= 4 is 0 Å². The highest BCUT2D eigenvalue weighted by molar-refractivity contribution is 5.10. The maximum absolute atomic E-state index is 8.98. The highest BCUT2D eigenvalue weighted by Crippen LogP contribution is 2.07. The van der Waals surface area contributed by atoms with E-state index in [9.17, 15) is 0 Å². The van der Waals surface area contributed by atoms with Gasteiger partial charge in [0, 0.05) is 12.4 Å². The molecule has 1 aromatic rings. The van der Waals surface area contributed by atoms with Gasteiger partial charge in [0.1, 0.15) is 0 Å². The Hall–Kier alpha value is -0.930. The lowest BCUT2D eigenvalue weighted by atomic mass is 10.2. The van der Waals surface area contributed by atoms with Crippen LogP contribution < -0.4 is 5.73 Å². The van der Waals surface area contributed by atoms with Gasteiger partial charge >= 0.3 is 0 Å². The van der Waals surface area contributed by atoms with Crippen LogP contribution in [0.5, 0.6) is 0 Å². The number of aliphatic hydroxyl groups excluding tert-OH is 1. The maximum Gasteiger partial charge on any atom is 0.0776 e. The van der Waals surface area contributed by atoms with Crippen LogP contribution in [-0.2, 0) is 0 Å². The van der Waals surface area contributed by atoms with Crippen molar-refractivity contribution in [2.24, 2.45) is 5.73 Å². The van der Waals surface area contributed by atoms with Gasteiger partial charge < -0.3 is 10.8 Å². The second kappa shape index (κ2) is 6.76. The van der Waals surface area contributed by atoms with Crippen molar-refractivity contribution in [3.05, 3.63) is 30.1 Å². The lowest BCUT2D eigenvalue weighted by molar-refractivity contribution is 0.199. The molecule has 1 atom stereocenters. The van der Waals surface area contributed by atoms with Crippen molar-refractivity contribution in [3.63, 3.8) is 0 Å². The Morgan fingerprint density at radius 2 is 2.25 bits per heavy atom. The SMILES string of the molecule is CC(O)c1cccnc1.CCN. The second-order valence-corrected chi connectivity index (χ2v) is 2.37. The molecule has 68 valence electrons. The quantitative estimate of drug-likeness (QED) is 0.660. The molecule has 1 heterocycles. The molecule has 0 aromatic carbocycles. The first-order valence-corrected chi connectivity index (χ1v) is 4.00. The zero-order valence-electron chi connectivity index (χ0n) is 7.57. The summed E-state index contributed by atoms with van der Waals surface area (Å²) in [5.41, 5.74) is 5.71. The van der Waals surface area contributed by atoms with Gasteiger partial charge in [0.25, 0.3) is 0 Å². The van der Waals surface area contributed by atoms with Gasteiger partial charge in [0.15, 0.2) is 0 Å². The number of hydrogen-bond donors (Lipinski definition) is 2. The highest BCUT2D eigenvalue weighted by atomic mass is 16.3. The van der Waals surface area contributed by atoms with Crippen LogP contribution in [0.3, 0.4) is 0 Å². The number of pyridine rings is 1. The fraction of sp³-hybridized carbons (Fsp3) is 0.444. The minimum Gasteiger partial charge on any atom is -0.389 e. The first kappa shape index (κ1) is 11.1. The molecule has 1 aromatic heterocycles. The molecule has 3 nitrogen and oxygen atoms in total. The van der Waals surface area contributed by atoms with Crippen LogP contribution >= 0.6 is 0 Å². The molecule has 0 spiro atoms. The van der Waals surface area contributed by atoms with E-state index in [1.165, 1.54) is 0 Å². The smallest absolute Gasteiger partial charge is 0.0776 e. The molecule has 1 rings (SSSR count). The number of hydrogen-bond acceptors (Lipinski definition) is 3. The lowest BCUT2D eigenvalue weighted by Crippen LogP contribution is -1.89. The summed E-state index contributed by atoms with van der Waals surface area (Å²) >= 11 is 0. The van der Waals surface area contributed by atoms with Crippen molar-refractivity contribution < 1.29 is 5.11 Å². The summed E-state index contributed by atoms with van der Waals surface area (Å²) < 4.78 is 0. The average molecular weight is 168 g/mol. The van der Waals surface area contributed by atoms with Crippen molar-refractivity contribution in [1.82, 2.24) is 4.98 Å². The van der Waals surface area contributed by atoms with Crippen LogP contribution in [0.1, 0.15) is 25.5 Å². The van der Waals surface area contributed by atoms with E-state index in [-0.39, 0.29) is 0 Å². The molecule has 3 heteroatoms. The van der Waals surface area contributed by atoms with Crippen LogP contribution in [0.25, 0.3) is 0 Å². The summed E-state index contributed by atoms with van der Waals surface area (Å²) in [4.78, 5) is 3.85. The Morgan fingerprint density at radius 1 is 1.67 bits per heavy atom. The molecule has 0 aliphatic heterocycles. The number of aliphatic hydroxyl groups is 1. The number of rotatable bonds is 1. The summed E-state index contributed by atoms with van der Waals surface area (Å²) in [6, 6.07) is 3.65. The molecule has 12 heavy (non-hydrogen) atoms. The van der Waals surface area contributed by atoms with Crippen molar-refractivity contribution in [1.29, 1.82) is 0 Å². The zero-order valence-corrected chi connectivity index (χ0v) is 7.57. The molecule has 0 radical (unpaired) electrons. The van der Waals surface area contributed by atoms with Gasteiger partial charge in [-0.15, -0.1) is 0 Å². The van der Waals surface area contributed by atoms with Crippen LogP contribution in [0.4, 0.5) is 0 Å². The van der Waals surface area contributed by atoms with E-state index in [2.05, 4.69) is 4.98 Å². The van der Waals surface area contributed by atoms with Crippen LogP contribution in [0.2, 0.25) is 0 Å². The fourth-order valence-corrected chi connectivity index (χ4v) is 0.623. The number of nitrogens with two attached hydrogens (primary N) is 1. The Balaban J connectivity index is 0.000000354. The maximum atomic E-state index is 8.98. The van der Waals surface area contributed by atoms with Crippen LogP contribution in [-0.4, -0.2) is 16.6 Å². The van der Waals surface area contributed by atoms with E-state index in [0.29, 0.717) is 0 Å². The Labute approximate surface area is 73.3 Å². The van der Waals surface area contributed by atoms with Crippen molar-refractivity contribution in [3.8, 4) is 0 Å². The molecule has 1 unspecified atom stereocenters. The predicted octanol–water partition coefficient (Wildman–Crippen LogP) is 1.10. The van der Waals surface area contributed by atoms with Gasteiger partial charge in [-0.3, -0.25) is 4.98 Å². The normalized spacial score (nSPS) is 11.3. The average Bonchev–Trinajstić information content (AvgIpc) is 2.07. The number of aromatic nitrogens is 1. The molecule has 0 aliphatic carbocycles. The van der Waals surface area contributed by atoms with Gasteiger partial charge in [-0.05, 0) is 25.1 Å². The van der Waals surface area contributed by atoms with Gasteiger partial charge in [0.2, 0.25) is 0 Å². The molecule has 0 amide bonds. The third-order valence-electron chi connectivity index (χ3n) is 1.17. The van der Waals surface area contributed by atoms with Gasteiger partial charge in [-0.2, -0.15) is 0 Å². The predicted molar refractivity (Wildman–Crippen MR) is 49.6 cm³/mol. The standard InChI is InChI=1S/C7H9NO.C2H7N/c1-6(9)7-3-2-4-8-5-7;1-2-3/h2-6,9H,1H3;2-3H2,1H3. The molecule has 0 saturated heterocycles. The third kappa shape index (κ3) is 4.82. The summed E-state index contributed by atoms with van der Waals surface area (Å²) in [6.07, 6.45) is 2.94. The van der Waals surface area contributed by atoms with E-state index in [1.54, 1.807) is 19.3 Å². The fourth-order valence-electron chi connectivity index (χ4n) is 0.623. The lowest BCUT2D eigenvalue weighted by Gasteiger charge is -2.00. The highest BCUT2D eigenvalue weighted by Gasteiger charge is 1.96. The second-order valence-electron chi connectivity index (χ2n) is 2.37. The Kier molecular flexibility index (Phi) is 6.24. The summed E-state index contributed by atoms with van der Waals surface area (Å²) in [7, 11) is 0. The molecular weight excluding hydrogens is 152 g/mol. The van der Waals surface area contributed by atoms with E-state index >= 15 is 0 Å². The summed E-state index contributed by atoms with van der Waals surface area (Å²) in [5.74, 6) is 0. The van der Waals surface area contributed by atoms with Gasteiger partial charge in [-0.1, -0.05) is 13.0 Å². The monoisotopic (exact) mass is 168 g/mol. The summed E-state index contributed by atoms with van der Waals surface area (Å²) in [5, 5.41) is 8.98. The Morgan fingerprint density at radius 3 is 2.50 bits per heavy atom. The minimum atomic E-state index is -0.404. The van der Waals surface area contributed by atoms with Gasteiger partial charge in [0.05, 0.1) is 6.10 Å². The molecule has 0 bridgehead atoms. The molecule has 0 saturated carbocycles. The van der Waals surface area contributed by atoms with E-state index < -0.39 is 6.10 Å². The van der Waals surface area contributed by atoms with Crippen LogP contribution in [0, 0.1) is 0 Å². The molecule has 0 aliphatic rings. The number of nitrogens with zero attached hydrogens (tertiary/aromatic N) is 1. The zero-order chi connectivity index (χ0) is 9.40. The first-order chi connectivity index (χ1) is 5.72. The van der Waals surface area contributed by atoms with E-state index in [4.69, 9.17) is 10.8 Å². The first-order valence-electron chi connectivity index (χ1n) is 4.00. The van der Waals surface area contributed by atoms with Crippen LogP contribution in [0.15, 0.2) is 24.5 Å². The topological polar surface area (TPSA) is 59.1 Å². The Bertz CT molecular complexity index is 187. The van der Waals surface area contributed by atoms with E-state index in [1.807, 2.05) is 19.1 Å². The summed E-state index contributed by atoms with van der Waals surface area (Å²) in [6.45, 7) is 4.37. The van der Waals surface area contributed by atoms with Crippen molar-refractivity contribution in [2.75, 3.05) is 6.54 Å². The molecule has 3 N–H and O–H groups in total. The third-order valence-corrected chi connectivity index (χ3v) is 1.17. The molecule has 0 fully saturated rings. The van der Waals surface area contributed by atoms with Gasteiger partial charge in [-0.25, -0.2) is 0 Å². The largest absolute Gasteiger partial charge is 0.389 e. The van der Waals surface area contributed by atoms with E-state index in [0.717, 1.165) is 12.1 Å². The molecular formula is C9H16N2O.